The normalized spacial score (nSPS) is 12.4. The first-order valence-electron chi connectivity index (χ1n) is 11.5. The third kappa shape index (κ3) is 2.29. The van der Waals surface area contributed by atoms with E-state index in [9.17, 15) is 10.2 Å². The summed E-state index contributed by atoms with van der Waals surface area (Å²) in [4.78, 5) is 0. The van der Waals surface area contributed by atoms with Crippen LogP contribution in [0, 0.1) is 0 Å². The van der Waals surface area contributed by atoms with Crippen molar-refractivity contribution < 1.29 is 10.2 Å². The number of rotatable bonds is 1. The van der Waals surface area contributed by atoms with Crippen molar-refractivity contribution in [3.05, 3.63) is 97.1 Å². The zero-order chi connectivity index (χ0) is 22.6. The monoisotopic (exact) mass is 434 g/mol. The number of hydrogen-bond acceptors (Lipinski definition) is 2. The molecule has 0 radical (unpaired) electrons. The molecule has 8 aromatic rings. The van der Waals surface area contributed by atoms with Gasteiger partial charge in [0.2, 0.25) is 0 Å². The smallest absolute Gasteiger partial charge is 0.116 e. The fourth-order valence-electron chi connectivity index (χ4n) is 5.98. The zero-order valence-corrected chi connectivity index (χ0v) is 18.1. The highest BCUT2D eigenvalue weighted by molar-refractivity contribution is 6.26. The molecule has 0 atom stereocenters. The average Bonchev–Trinajstić information content (AvgIpc) is 2.84. The lowest BCUT2D eigenvalue weighted by Crippen LogP contribution is -1.88. The van der Waals surface area contributed by atoms with Gasteiger partial charge in [-0.05, 0) is 124 Å². The van der Waals surface area contributed by atoms with Gasteiger partial charge in [0.15, 0.2) is 0 Å². The van der Waals surface area contributed by atoms with E-state index in [2.05, 4.69) is 72.8 Å². The van der Waals surface area contributed by atoms with Crippen molar-refractivity contribution in [3.63, 3.8) is 0 Å². The Hall–Kier alpha value is -4.56. The Morgan fingerprint density at radius 3 is 0.735 bits per heavy atom. The van der Waals surface area contributed by atoms with Crippen LogP contribution in [0.15, 0.2) is 97.1 Å². The van der Waals surface area contributed by atoms with Crippen LogP contribution in [0.5, 0.6) is 11.5 Å². The zero-order valence-electron chi connectivity index (χ0n) is 18.1. The number of benzene rings is 8. The number of aromatic hydroxyl groups is 2. The molecule has 8 rings (SSSR count). The summed E-state index contributed by atoms with van der Waals surface area (Å²) in [6, 6.07) is 33.5. The molecule has 2 heteroatoms. The van der Waals surface area contributed by atoms with Crippen molar-refractivity contribution in [3.8, 4) is 22.6 Å². The SMILES string of the molecule is Oc1cc2ccc3cc(-c4cc5ccc6cc(O)cc7ccc(c4)c5c67)cc4ccc(c1)c2c34. The Labute approximate surface area is 194 Å². The van der Waals surface area contributed by atoms with Gasteiger partial charge in [0.05, 0.1) is 0 Å². The van der Waals surface area contributed by atoms with Crippen LogP contribution in [-0.2, 0) is 0 Å². The highest BCUT2D eigenvalue weighted by atomic mass is 16.3. The standard InChI is InChI=1S/C32H18O2/c33-27-13-21-5-1-17-9-25(10-18-2-6-22(14-27)31(21)29(17)18)26-11-19-3-7-23-15-28(34)16-24-8-4-20(12-26)30(19)32(23)24/h1-16,33-34H. The van der Waals surface area contributed by atoms with Gasteiger partial charge in [-0.1, -0.05) is 48.5 Å². The van der Waals surface area contributed by atoms with E-state index in [1.807, 2.05) is 24.3 Å². The summed E-state index contributed by atoms with van der Waals surface area (Å²) in [5, 5.41) is 34.2. The molecule has 2 nitrogen and oxygen atoms in total. The fourth-order valence-corrected chi connectivity index (χ4v) is 5.98. The van der Waals surface area contributed by atoms with Gasteiger partial charge in [0.25, 0.3) is 0 Å². The molecule has 0 amide bonds. The van der Waals surface area contributed by atoms with Crippen LogP contribution < -0.4 is 0 Å². The highest BCUT2D eigenvalue weighted by Crippen LogP contribution is 2.42. The molecule has 34 heavy (non-hydrogen) atoms. The molecule has 158 valence electrons. The third-order valence-corrected chi connectivity index (χ3v) is 7.37. The summed E-state index contributed by atoms with van der Waals surface area (Å²) in [6.07, 6.45) is 0. The second-order valence-electron chi connectivity index (χ2n) is 9.39. The first-order valence-corrected chi connectivity index (χ1v) is 11.5. The van der Waals surface area contributed by atoms with Gasteiger partial charge < -0.3 is 10.2 Å². The maximum Gasteiger partial charge on any atom is 0.116 e. The van der Waals surface area contributed by atoms with E-state index < -0.39 is 0 Å². The predicted molar refractivity (Wildman–Crippen MR) is 143 cm³/mol. The summed E-state index contributed by atoms with van der Waals surface area (Å²) in [5.41, 5.74) is 2.38. The van der Waals surface area contributed by atoms with Gasteiger partial charge in [-0.2, -0.15) is 0 Å². The molecule has 0 aliphatic heterocycles. The maximum absolute atomic E-state index is 10.1. The van der Waals surface area contributed by atoms with E-state index in [0.717, 1.165) is 21.5 Å². The van der Waals surface area contributed by atoms with Crippen molar-refractivity contribution in [2.24, 2.45) is 0 Å². The minimum atomic E-state index is 0.302. The minimum absolute atomic E-state index is 0.302. The molecular weight excluding hydrogens is 416 g/mol. The van der Waals surface area contributed by atoms with Crippen LogP contribution in [0.25, 0.3) is 75.8 Å². The molecule has 0 unspecified atom stereocenters. The van der Waals surface area contributed by atoms with Crippen LogP contribution in [0.1, 0.15) is 0 Å². The molecule has 0 aliphatic carbocycles. The second-order valence-corrected chi connectivity index (χ2v) is 9.39. The first kappa shape index (κ1) is 17.9. The van der Waals surface area contributed by atoms with Crippen molar-refractivity contribution in [2.75, 3.05) is 0 Å². The lowest BCUT2D eigenvalue weighted by Gasteiger charge is -2.15. The molecule has 2 N–H and O–H groups in total. The molecule has 0 aliphatic rings. The van der Waals surface area contributed by atoms with Crippen LogP contribution in [-0.4, -0.2) is 10.2 Å². The van der Waals surface area contributed by atoms with Crippen LogP contribution >= 0.6 is 0 Å². The number of phenols is 2. The average molecular weight is 434 g/mol. The van der Waals surface area contributed by atoms with Gasteiger partial charge >= 0.3 is 0 Å². The van der Waals surface area contributed by atoms with Crippen LogP contribution in [0.2, 0.25) is 0 Å². The Kier molecular flexibility index (Phi) is 3.20. The van der Waals surface area contributed by atoms with E-state index >= 15 is 0 Å². The summed E-state index contributed by atoms with van der Waals surface area (Å²) < 4.78 is 0. The molecule has 0 heterocycles. The highest BCUT2D eigenvalue weighted by Gasteiger charge is 2.14. The van der Waals surface area contributed by atoms with E-state index in [4.69, 9.17) is 0 Å². The Balaban J connectivity index is 1.43. The van der Waals surface area contributed by atoms with E-state index in [1.54, 1.807) is 0 Å². The number of hydrogen-bond donors (Lipinski definition) is 2. The van der Waals surface area contributed by atoms with Gasteiger partial charge in [-0.15, -0.1) is 0 Å². The predicted octanol–water partition coefficient (Wildman–Crippen LogP) is 8.56. The fraction of sp³-hybridized carbons (Fsp3) is 0. The third-order valence-electron chi connectivity index (χ3n) is 7.37. The van der Waals surface area contributed by atoms with Crippen molar-refractivity contribution in [2.45, 2.75) is 0 Å². The largest absolute Gasteiger partial charge is 0.508 e. The molecule has 0 saturated carbocycles. The Morgan fingerprint density at radius 1 is 0.294 bits per heavy atom. The van der Waals surface area contributed by atoms with Crippen molar-refractivity contribution in [1.29, 1.82) is 0 Å². The van der Waals surface area contributed by atoms with E-state index in [-0.39, 0.29) is 0 Å². The van der Waals surface area contributed by atoms with Gasteiger partial charge in [0.1, 0.15) is 11.5 Å². The Bertz CT molecular complexity index is 1800. The molecule has 0 bridgehead atoms. The van der Waals surface area contributed by atoms with Crippen LogP contribution in [0.4, 0.5) is 0 Å². The summed E-state index contributed by atoms with van der Waals surface area (Å²) >= 11 is 0. The van der Waals surface area contributed by atoms with Crippen molar-refractivity contribution >= 4 is 64.6 Å². The lowest BCUT2D eigenvalue weighted by atomic mass is 9.89. The molecule has 0 fully saturated rings. The first-order chi connectivity index (χ1) is 16.6. The van der Waals surface area contributed by atoms with E-state index in [1.165, 1.54) is 54.2 Å². The summed E-state index contributed by atoms with van der Waals surface area (Å²) in [5.74, 6) is 0.603. The molecule has 0 saturated heterocycles. The molecule has 0 spiro atoms. The second kappa shape index (κ2) is 6.06. The lowest BCUT2D eigenvalue weighted by molar-refractivity contribution is 0.476. The topological polar surface area (TPSA) is 40.5 Å². The van der Waals surface area contributed by atoms with Gasteiger partial charge in [-0.3, -0.25) is 0 Å². The molecular formula is C32H18O2. The quantitative estimate of drug-likeness (QED) is 0.254. The van der Waals surface area contributed by atoms with Crippen LogP contribution in [0.3, 0.4) is 0 Å². The van der Waals surface area contributed by atoms with Gasteiger partial charge in [-0.25, -0.2) is 0 Å². The molecule has 0 aromatic heterocycles. The maximum atomic E-state index is 10.1. The minimum Gasteiger partial charge on any atom is -0.508 e. The number of phenolic OH excluding ortho intramolecular Hbond substituents is 2. The summed E-state index contributed by atoms with van der Waals surface area (Å²) in [6.45, 7) is 0. The van der Waals surface area contributed by atoms with Crippen molar-refractivity contribution in [1.82, 2.24) is 0 Å². The van der Waals surface area contributed by atoms with E-state index in [0.29, 0.717) is 11.5 Å². The van der Waals surface area contributed by atoms with Gasteiger partial charge in [0, 0.05) is 0 Å². The Morgan fingerprint density at radius 2 is 0.500 bits per heavy atom. The molecule has 8 aromatic carbocycles. The summed E-state index contributed by atoms with van der Waals surface area (Å²) in [7, 11) is 0.